The van der Waals surface area contributed by atoms with Gasteiger partial charge in [0.2, 0.25) is 0 Å². The first-order valence-corrected chi connectivity index (χ1v) is 7.59. The molecule has 2 atom stereocenters. The highest BCUT2D eigenvalue weighted by molar-refractivity contribution is 7.99. The largest absolute Gasteiger partial charge is 0.395 e. The predicted octanol–water partition coefficient (Wildman–Crippen LogP) is 1.19. The molecular weight excluding hydrogens is 248 g/mol. The number of nitrogens with two attached hydrogens (primary N) is 1. The molecule has 102 valence electrons. The van der Waals surface area contributed by atoms with Crippen LogP contribution in [-0.2, 0) is 13.0 Å². The Morgan fingerprint density at radius 2 is 2.22 bits per heavy atom. The van der Waals surface area contributed by atoms with Gasteiger partial charge in [-0.25, -0.2) is 0 Å². The van der Waals surface area contributed by atoms with Gasteiger partial charge in [0.15, 0.2) is 5.16 Å². The molecule has 0 saturated carbocycles. The summed E-state index contributed by atoms with van der Waals surface area (Å²) in [7, 11) is 0. The fourth-order valence-electron chi connectivity index (χ4n) is 2.20. The van der Waals surface area contributed by atoms with Crippen LogP contribution >= 0.6 is 11.8 Å². The van der Waals surface area contributed by atoms with E-state index in [-0.39, 0.29) is 17.9 Å². The number of aliphatic hydroxyl groups excluding tert-OH is 1. The Labute approximate surface area is 112 Å². The second-order valence-electron chi connectivity index (χ2n) is 4.77. The van der Waals surface area contributed by atoms with E-state index in [0.717, 1.165) is 30.4 Å². The van der Waals surface area contributed by atoms with Crippen LogP contribution in [0, 0.1) is 0 Å². The molecule has 6 heteroatoms. The minimum atomic E-state index is -0.00118. The molecule has 0 radical (unpaired) electrons. The molecule has 2 rings (SSSR count). The first-order valence-electron chi connectivity index (χ1n) is 6.71. The van der Waals surface area contributed by atoms with Crippen LogP contribution in [0.25, 0.3) is 0 Å². The second-order valence-corrected chi connectivity index (χ2v) is 5.98. The molecule has 2 unspecified atom stereocenters. The number of aromatic nitrogens is 3. The molecular formula is C12H22N4OS. The number of aryl methyl sites for hydroxylation is 1. The van der Waals surface area contributed by atoms with Crippen LogP contribution in [0.3, 0.4) is 0 Å². The molecule has 18 heavy (non-hydrogen) atoms. The summed E-state index contributed by atoms with van der Waals surface area (Å²) in [6, 6.07) is -0.00118. The SMILES string of the molecule is CCC(N)C(CO)Sc1nnc2n1CCCCC2. The summed E-state index contributed by atoms with van der Waals surface area (Å²) in [6.45, 7) is 3.12. The van der Waals surface area contributed by atoms with E-state index in [9.17, 15) is 5.11 Å². The number of nitrogens with zero attached hydrogens (tertiary/aromatic N) is 3. The Bertz CT molecular complexity index is 382. The van der Waals surface area contributed by atoms with Crippen molar-refractivity contribution in [2.45, 2.75) is 62.0 Å². The maximum absolute atomic E-state index is 9.43. The summed E-state index contributed by atoms with van der Waals surface area (Å²) in [6.07, 6.45) is 5.50. The van der Waals surface area contributed by atoms with Crippen LogP contribution in [0.15, 0.2) is 5.16 Å². The van der Waals surface area contributed by atoms with Crippen LogP contribution in [0.2, 0.25) is 0 Å². The fraction of sp³-hybridized carbons (Fsp3) is 0.833. The number of aliphatic hydroxyl groups is 1. The van der Waals surface area contributed by atoms with Gasteiger partial charge in [-0.15, -0.1) is 10.2 Å². The van der Waals surface area contributed by atoms with Gasteiger partial charge in [0.05, 0.1) is 11.9 Å². The molecule has 0 aromatic carbocycles. The molecule has 2 heterocycles. The van der Waals surface area contributed by atoms with Crippen molar-refractivity contribution in [3.63, 3.8) is 0 Å². The minimum absolute atomic E-state index is 0.00118. The molecule has 0 bridgehead atoms. The third-order valence-corrected chi connectivity index (χ3v) is 4.78. The van der Waals surface area contributed by atoms with E-state index in [2.05, 4.69) is 14.8 Å². The summed E-state index contributed by atoms with van der Waals surface area (Å²) in [5, 5.41) is 18.9. The van der Waals surface area contributed by atoms with Crippen molar-refractivity contribution in [2.24, 2.45) is 5.73 Å². The van der Waals surface area contributed by atoms with Crippen LogP contribution in [0.5, 0.6) is 0 Å². The van der Waals surface area contributed by atoms with Crippen molar-refractivity contribution in [2.75, 3.05) is 6.61 Å². The lowest BCUT2D eigenvalue weighted by molar-refractivity contribution is 0.280. The molecule has 1 aliphatic heterocycles. The zero-order chi connectivity index (χ0) is 13.0. The molecule has 5 nitrogen and oxygen atoms in total. The highest BCUT2D eigenvalue weighted by Crippen LogP contribution is 2.26. The molecule has 3 N–H and O–H groups in total. The van der Waals surface area contributed by atoms with Crippen molar-refractivity contribution in [3.8, 4) is 0 Å². The van der Waals surface area contributed by atoms with Crippen LogP contribution < -0.4 is 5.73 Å². The van der Waals surface area contributed by atoms with Gasteiger partial charge in [0, 0.05) is 19.0 Å². The number of thioether (sulfide) groups is 1. The van der Waals surface area contributed by atoms with Gasteiger partial charge in [0.25, 0.3) is 0 Å². The highest BCUT2D eigenvalue weighted by atomic mass is 32.2. The number of fused-ring (bicyclic) bond motifs is 1. The molecule has 1 aromatic rings. The minimum Gasteiger partial charge on any atom is -0.395 e. The van der Waals surface area contributed by atoms with Gasteiger partial charge in [-0.1, -0.05) is 25.1 Å². The first-order chi connectivity index (χ1) is 8.76. The predicted molar refractivity (Wildman–Crippen MR) is 72.6 cm³/mol. The zero-order valence-corrected chi connectivity index (χ0v) is 11.7. The molecule has 1 aliphatic rings. The smallest absolute Gasteiger partial charge is 0.191 e. The van der Waals surface area contributed by atoms with Gasteiger partial charge in [-0.05, 0) is 19.3 Å². The van der Waals surface area contributed by atoms with Crippen molar-refractivity contribution in [1.29, 1.82) is 0 Å². The van der Waals surface area contributed by atoms with E-state index in [4.69, 9.17) is 5.73 Å². The van der Waals surface area contributed by atoms with Gasteiger partial charge in [-0.3, -0.25) is 0 Å². The fourth-order valence-corrected chi connectivity index (χ4v) is 3.33. The Balaban J connectivity index is 2.11. The van der Waals surface area contributed by atoms with E-state index in [1.54, 1.807) is 11.8 Å². The lowest BCUT2D eigenvalue weighted by Crippen LogP contribution is -2.34. The molecule has 0 spiro atoms. The normalized spacial score (nSPS) is 19.1. The monoisotopic (exact) mass is 270 g/mol. The summed E-state index contributed by atoms with van der Waals surface area (Å²) < 4.78 is 2.20. The third-order valence-electron chi connectivity index (χ3n) is 3.46. The quantitative estimate of drug-likeness (QED) is 0.786. The molecule has 0 amide bonds. The number of rotatable bonds is 5. The van der Waals surface area contributed by atoms with E-state index in [0.29, 0.717) is 0 Å². The molecule has 0 aliphatic carbocycles. The van der Waals surface area contributed by atoms with Crippen molar-refractivity contribution in [3.05, 3.63) is 5.82 Å². The Kier molecular flexibility index (Phi) is 5.03. The number of hydrogen-bond donors (Lipinski definition) is 2. The van der Waals surface area contributed by atoms with Gasteiger partial charge in [-0.2, -0.15) is 0 Å². The Morgan fingerprint density at radius 3 is 2.94 bits per heavy atom. The number of hydrogen-bond acceptors (Lipinski definition) is 5. The van der Waals surface area contributed by atoms with E-state index < -0.39 is 0 Å². The van der Waals surface area contributed by atoms with Gasteiger partial charge >= 0.3 is 0 Å². The van der Waals surface area contributed by atoms with E-state index >= 15 is 0 Å². The maximum Gasteiger partial charge on any atom is 0.191 e. The molecule has 1 aromatic heterocycles. The standard InChI is InChI=1S/C12H22N4OS/c1-2-9(13)10(8-17)18-12-15-14-11-6-4-3-5-7-16(11)12/h9-10,17H,2-8,13H2,1H3. The zero-order valence-electron chi connectivity index (χ0n) is 10.9. The first kappa shape index (κ1) is 13.8. The van der Waals surface area contributed by atoms with Crippen molar-refractivity contribution in [1.82, 2.24) is 14.8 Å². The van der Waals surface area contributed by atoms with Crippen LogP contribution in [-0.4, -0.2) is 37.8 Å². The Morgan fingerprint density at radius 1 is 1.39 bits per heavy atom. The maximum atomic E-state index is 9.43. The molecule has 0 fully saturated rings. The Hall–Kier alpha value is -0.590. The summed E-state index contributed by atoms with van der Waals surface area (Å²) in [5.41, 5.74) is 6.01. The highest BCUT2D eigenvalue weighted by Gasteiger charge is 2.22. The molecule has 0 saturated heterocycles. The second kappa shape index (κ2) is 6.54. The third kappa shape index (κ3) is 3.05. The van der Waals surface area contributed by atoms with E-state index in [1.807, 2.05) is 6.92 Å². The van der Waals surface area contributed by atoms with Gasteiger partial charge < -0.3 is 15.4 Å². The van der Waals surface area contributed by atoms with E-state index in [1.165, 1.54) is 19.3 Å². The summed E-state index contributed by atoms with van der Waals surface area (Å²) in [5.74, 6) is 1.08. The topological polar surface area (TPSA) is 77.0 Å². The van der Waals surface area contributed by atoms with Crippen molar-refractivity contribution < 1.29 is 5.11 Å². The van der Waals surface area contributed by atoms with Crippen LogP contribution in [0.1, 0.15) is 38.4 Å². The lowest BCUT2D eigenvalue weighted by atomic mass is 10.2. The van der Waals surface area contributed by atoms with Crippen LogP contribution in [0.4, 0.5) is 0 Å². The van der Waals surface area contributed by atoms with Crippen molar-refractivity contribution >= 4 is 11.8 Å². The summed E-state index contributed by atoms with van der Waals surface area (Å²) >= 11 is 1.57. The lowest BCUT2D eigenvalue weighted by Gasteiger charge is -2.19. The van der Waals surface area contributed by atoms with Gasteiger partial charge in [0.1, 0.15) is 5.82 Å². The average molecular weight is 270 g/mol. The average Bonchev–Trinajstić information content (AvgIpc) is 2.63. The summed E-state index contributed by atoms with van der Waals surface area (Å²) in [4.78, 5) is 0.